The Kier molecular flexibility index (Phi) is 2.45. The highest BCUT2D eigenvalue weighted by Crippen LogP contribution is 2.25. The molecule has 70 valence electrons. The van der Waals surface area contributed by atoms with Crippen molar-refractivity contribution in [2.24, 2.45) is 0 Å². The minimum Gasteiger partial charge on any atom is -0.399 e. The molecule has 0 unspecified atom stereocenters. The number of anilines is 1. The van der Waals surface area contributed by atoms with Crippen LogP contribution in [0.25, 0.3) is 0 Å². The van der Waals surface area contributed by atoms with Crippen molar-refractivity contribution >= 4 is 5.69 Å². The minimum atomic E-state index is 0.539. The lowest BCUT2D eigenvalue weighted by Crippen LogP contribution is -2.15. The van der Waals surface area contributed by atoms with Gasteiger partial charge in [-0.1, -0.05) is 0 Å². The maximum absolute atomic E-state index is 5.69. The van der Waals surface area contributed by atoms with Crippen LogP contribution in [0.4, 0.5) is 5.69 Å². The highest BCUT2D eigenvalue weighted by molar-refractivity contribution is 5.38. The van der Waals surface area contributed by atoms with Crippen molar-refractivity contribution in [3.8, 4) is 0 Å². The molecule has 1 aliphatic rings. The van der Waals surface area contributed by atoms with Crippen LogP contribution in [0.15, 0.2) is 18.3 Å². The van der Waals surface area contributed by atoms with Gasteiger partial charge in [0.15, 0.2) is 0 Å². The standard InChI is InChI=1S/C10H14N2O/c11-9-1-4-12-10(7-9)8-2-5-13-6-3-8/h1,4,7-8H,2-3,5-6H2,(H2,11,12). The number of rotatable bonds is 1. The zero-order valence-electron chi connectivity index (χ0n) is 7.57. The van der Waals surface area contributed by atoms with Gasteiger partial charge in [0.1, 0.15) is 0 Å². The average Bonchev–Trinajstić information content (AvgIpc) is 2.19. The summed E-state index contributed by atoms with van der Waals surface area (Å²) in [4.78, 5) is 4.33. The second-order valence-corrected chi connectivity index (χ2v) is 3.40. The Hall–Kier alpha value is -1.09. The molecule has 3 heteroatoms. The van der Waals surface area contributed by atoms with E-state index in [0.717, 1.165) is 37.4 Å². The molecule has 0 aromatic carbocycles. The largest absolute Gasteiger partial charge is 0.399 e. The fourth-order valence-corrected chi connectivity index (χ4v) is 1.68. The molecule has 1 saturated heterocycles. The Morgan fingerprint density at radius 1 is 1.38 bits per heavy atom. The van der Waals surface area contributed by atoms with Crippen LogP contribution in [0.1, 0.15) is 24.5 Å². The van der Waals surface area contributed by atoms with Crippen molar-refractivity contribution in [2.75, 3.05) is 18.9 Å². The molecule has 0 spiro atoms. The van der Waals surface area contributed by atoms with Gasteiger partial charge in [0.2, 0.25) is 0 Å². The SMILES string of the molecule is Nc1ccnc(C2CCOCC2)c1. The maximum Gasteiger partial charge on any atom is 0.0472 e. The van der Waals surface area contributed by atoms with E-state index < -0.39 is 0 Å². The third-order valence-corrected chi connectivity index (χ3v) is 2.44. The van der Waals surface area contributed by atoms with Crippen molar-refractivity contribution in [2.45, 2.75) is 18.8 Å². The molecular weight excluding hydrogens is 164 g/mol. The summed E-state index contributed by atoms with van der Waals surface area (Å²) in [5.41, 5.74) is 7.61. The van der Waals surface area contributed by atoms with E-state index in [-0.39, 0.29) is 0 Å². The smallest absolute Gasteiger partial charge is 0.0472 e. The molecule has 1 aliphatic heterocycles. The number of nitrogen functional groups attached to an aromatic ring is 1. The third kappa shape index (κ3) is 1.98. The molecule has 2 N–H and O–H groups in total. The number of hydrogen-bond acceptors (Lipinski definition) is 3. The average molecular weight is 178 g/mol. The molecule has 2 heterocycles. The van der Waals surface area contributed by atoms with Gasteiger partial charge in [0.05, 0.1) is 0 Å². The molecule has 1 fully saturated rings. The molecule has 13 heavy (non-hydrogen) atoms. The lowest BCUT2D eigenvalue weighted by Gasteiger charge is -2.21. The molecule has 0 bridgehead atoms. The van der Waals surface area contributed by atoms with Crippen LogP contribution < -0.4 is 5.73 Å². The van der Waals surface area contributed by atoms with E-state index in [0.29, 0.717) is 5.92 Å². The Morgan fingerprint density at radius 3 is 2.85 bits per heavy atom. The Bertz CT molecular complexity index is 282. The minimum absolute atomic E-state index is 0.539. The number of nitrogens with two attached hydrogens (primary N) is 1. The second-order valence-electron chi connectivity index (χ2n) is 3.40. The lowest BCUT2D eigenvalue weighted by molar-refractivity contribution is 0.0845. The van der Waals surface area contributed by atoms with Crippen LogP contribution in [-0.2, 0) is 4.74 Å². The molecule has 1 aromatic heterocycles. The van der Waals surface area contributed by atoms with E-state index in [9.17, 15) is 0 Å². The summed E-state index contributed by atoms with van der Waals surface area (Å²) in [6, 6.07) is 3.79. The predicted molar refractivity (Wildman–Crippen MR) is 51.4 cm³/mol. The summed E-state index contributed by atoms with van der Waals surface area (Å²) >= 11 is 0. The lowest BCUT2D eigenvalue weighted by atomic mass is 9.96. The summed E-state index contributed by atoms with van der Waals surface area (Å²) in [6.07, 6.45) is 3.91. The van der Waals surface area contributed by atoms with Crippen LogP contribution in [0.3, 0.4) is 0 Å². The van der Waals surface area contributed by atoms with Crippen LogP contribution in [0, 0.1) is 0 Å². The summed E-state index contributed by atoms with van der Waals surface area (Å²) < 4.78 is 5.29. The maximum atomic E-state index is 5.69. The zero-order chi connectivity index (χ0) is 9.10. The predicted octanol–water partition coefficient (Wildman–Crippen LogP) is 1.56. The van der Waals surface area contributed by atoms with E-state index in [4.69, 9.17) is 10.5 Å². The van der Waals surface area contributed by atoms with Gasteiger partial charge in [-0.05, 0) is 25.0 Å². The van der Waals surface area contributed by atoms with E-state index in [2.05, 4.69) is 4.98 Å². The Labute approximate surface area is 77.9 Å². The first-order valence-corrected chi connectivity index (χ1v) is 4.65. The van der Waals surface area contributed by atoms with Crippen LogP contribution in [0.5, 0.6) is 0 Å². The summed E-state index contributed by atoms with van der Waals surface area (Å²) in [5, 5.41) is 0. The Balaban J connectivity index is 2.14. The Morgan fingerprint density at radius 2 is 2.15 bits per heavy atom. The van der Waals surface area contributed by atoms with Crippen molar-refractivity contribution in [3.05, 3.63) is 24.0 Å². The highest BCUT2D eigenvalue weighted by atomic mass is 16.5. The number of pyridine rings is 1. The number of aromatic nitrogens is 1. The van der Waals surface area contributed by atoms with Crippen molar-refractivity contribution < 1.29 is 4.74 Å². The van der Waals surface area contributed by atoms with Gasteiger partial charge in [0, 0.05) is 36.7 Å². The first-order valence-electron chi connectivity index (χ1n) is 4.65. The molecule has 0 atom stereocenters. The monoisotopic (exact) mass is 178 g/mol. The van der Waals surface area contributed by atoms with Gasteiger partial charge in [-0.2, -0.15) is 0 Å². The van der Waals surface area contributed by atoms with Gasteiger partial charge < -0.3 is 10.5 Å². The van der Waals surface area contributed by atoms with Gasteiger partial charge >= 0.3 is 0 Å². The third-order valence-electron chi connectivity index (χ3n) is 2.44. The normalized spacial score (nSPS) is 18.8. The fourth-order valence-electron chi connectivity index (χ4n) is 1.68. The zero-order valence-corrected chi connectivity index (χ0v) is 7.57. The topological polar surface area (TPSA) is 48.1 Å². The molecule has 2 rings (SSSR count). The quantitative estimate of drug-likeness (QED) is 0.710. The fraction of sp³-hybridized carbons (Fsp3) is 0.500. The van der Waals surface area contributed by atoms with Gasteiger partial charge in [-0.3, -0.25) is 4.98 Å². The molecule has 0 amide bonds. The number of ether oxygens (including phenoxy) is 1. The van der Waals surface area contributed by atoms with Crippen LogP contribution in [-0.4, -0.2) is 18.2 Å². The second kappa shape index (κ2) is 3.75. The highest BCUT2D eigenvalue weighted by Gasteiger charge is 2.16. The first-order chi connectivity index (χ1) is 6.36. The van der Waals surface area contributed by atoms with Crippen molar-refractivity contribution in [3.63, 3.8) is 0 Å². The number of hydrogen-bond donors (Lipinski definition) is 1. The van der Waals surface area contributed by atoms with Crippen LogP contribution in [0.2, 0.25) is 0 Å². The number of nitrogens with zero attached hydrogens (tertiary/aromatic N) is 1. The van der Waals surface area contributed by atoms with Crippen molar-refractivity contribution in [1.29, 1.82) is 0 Å². The van der Waals surface area contributed by atoms with E-state index in [1.54, 1.807) is 6.20 Å². The molecule has 0 saturated carbocycles. The molecule has 1 aromatic rings. The van der Waals surface area contributed by atoms with Gasteiger partial charge in [-0.25, -0.2) is 0 Å². The van der Waals surface area contributed by atoms with Gasteiger partial charge in [0.25, 0.3) is 0 Å². The van der Waals surface area contributed by atoms with Gasteiger partial charge in [-0.15, -0.1) is 0 Å². The molecule has 3 nitrogen and oxygen atoms in total. The first kappa shape index (κ1) is 8.51. The van der Waals surface area contributed by atoms with E-state index in [1.807, 2.05) is 12.1 Å². The summed E-state index contributed by atoms with van der Waals surface area (Å²) in [7, 11) is 0. The summed E-state index contributed by atoms with van der Waals surface area (Å²) in [6.45, 7) is 1.70. The van der Waals surface area contributed by atoms with E-state index in [1.165, 1.54) is 0 Å². The van der Waals surface area contributed by atoms with E-state index >= 15 is 0 Å². The van der Waals surface area contributed by atoms with Crippen molar-refractivity contribution in [1.82, 2.24) is 4.98 Å². The summed E-state index contributed by atoms with van der Waals surface area (Å²) in [5.74, 6) is 0.539. The molecular formula is C10H14N2O. The van der Waals surface area contributed by atoms with Crippen LogP contribution >= 0.6 is 0 Å². The molecule has 0 aliphatic carbocycles. The molecule has 0 radical (unpaired) electrons.